The predicted molar refractivity (Wildman–Crippen MR) is 58.5 cm³/mol. The maximum Gasteiger partial charge on any atom is 0.273 e. The summed E-state index contributed by atoms with van der Waals surface area (Å²) in [5.41, 5.74) is 0.232. The van der Waals surface area contributed by atoms with Crippen molar-refractivity contribution >= 4 is 5.91 Å². The monoisotopic (exact) mass is 240 g/mol. The van der Waals surface area contributed by atoms with Crippen molar-refractivity contribution in [3.05, 3.63) is 17.5 Å². The molecule has 0 spiro atoms. The summed E-state index contributed by atoms with van der Waals surface area (Å²) in [7, 11) is 1.55. The van der Waals surface area contributed by atoms with Gasteiger partial charge in [-0.25, -0.2) is 0 Å². The summed E-state index contributed by atoms with van der Waals surface area (Å²) in [6.45, 7) is 1.72. The van der Waals surface area contributed by atoms with Gasteiger partial charge in [-0.05, 0) is 19.8 Å². The van der Waals surface area contributed by atoms with Crippen LogP contribution in [0.2, 0.25) is 0 Å². The van der Waals surface area contributed by atoms with Crippen LogP contribution in [0.3, 0.4) is 0 Å². The van der Waals surface area contributed by atoms with Crippen LogP contribution < -0.4 is 5.32 Å². The first-order valence-electron chi connectivity index (χ1n) is 5.57. The topological polar surface area (TPSA) is 84.6 Å². The van der Waals surface area contributed by atoms with Gasteiger partial charge >= 0.3 is 0 Å². The summed E-state index contributed by atoms with van der Waals surface area (Å²) >= 11 is 0. The molecule has 6 heteroatoms. The number of hydrogen-bond acceptors (Lipinski definition) is 5. The van der Waals surface area contributed by atoms with Crippen molar-refractivity contribution in [2.24, 2.45) is 0 Å². The smallest absolute Gasteiger partial charge is 0.273 e. The number of rotatable bonds is 3. The number of aromatic nitrogens is 1. The standard InChI is InChI=1S/C11H16N2O4/c1-6-5-8(13-17-6)11(15)12-7-3-4-9(16-2)10(7)14/h5,7,9-10,14H,3-4H2,1-2H3,(H,12,15)/t7-,9-,10-/m1/s1. The average Bonchev–Trinajstić information content (AvgIpc) is 2.87. The Labute approximate surface area is 98.9 Å². The highest BCUT2D eigenvalue weighted by Gasteiger charge is 2.36. The molecule has 3 atom stereocenters. The molecule has 1 aliphatic rings. The van der Waals surface area contributed by atoms with E-state index in [0.717, 1.165) is 6.42 Å². The van der Waals surface area contributed by atoms with Crippen molar-refractivity contribution in [1.82, 2.24) is 10.5 Å². The number of nitrogens with zero attached hydrogens (tertiary/aromatic N) is 1. The van der Waals surface area contributed by atoms with Crippen LogP contribution in [0.15, 0.2) is 10.6 Å². The molecule has 17 heavy (non-hydrogen) atoms. The van der Waals surface area contributed by atoms with E-state index in [0.29, 0.717) is 12.2 Å². The summed E-state index contributed by atoms with van der Waals surface area (Å²) in [6.07, 6.45) is 0.555. The van der Waals surface area contributed by atoms with E-state index in [1.54, 1.807) is 20.1 Å². The van der Waals surface area contributed by atoms with E-state index in [9.17, 15) is 9.90 Å². The van der Waals surface area contributed by atoms with Crippen LogP contribution in [0.5, 0.6) is 0 Å². The van der Waals surface area contributed by atoms with Gasteiger partial charge in [-0.2, -0.15) is 0 Å². The molecule has 0 aliphatic heterocycles. The van der Waals surface area contributed by atoms with Gasteiger partial charge in [-0.3, -0.25) is 4.79 Å². The van der Waals surface area contributed by atoms with Crippen LogP contribution in [0.4, 0.5) is 0 Å². The molecule has 6 nitrogen and oxygen atoms in total. The van der Waals surface area contributed by atoms with Crippen molar-refractivity contribution in [2.45, 2.75) is 38.0 Å². The molecular formula is C11H16N2O4. The van der Waals surface area contributed by atoms with Crippen LogP contribution >= 0.6 is 0 Å². The molecule has 0 radical (unpaired) electrons. The Hall–Kier alpha value is -1.40. The lowest BCUT2D eigenvalue weighted by molar-refractivity contribution is 0.000165. The van der Waals surface area contributed by atoms with Crippen molar-refractivity contribution < 1.29 is 19.2 Å². The summed E-state index contributed by atoms with van der Waals surface area (Å²) in [5, 5.41) is 16.2. The molecule has 94 valence electrons. The minimum Gasteiger partial charge on any atom is -0.388 e. The number of ether oxygens (including phenoxy) is 1. The van der Waals surface area contributed by atoms with Gasteiger partial charge in [0, 0.05) is 13.2 Å². The van der Waals surface area contributed by atoms with Gasteiger partial charge in [-0.15, -0.1) is 0 Å². The van der Waals surface area contributed by atoms with E-state index in [1.807, 2.05) is 0 Å². The van der Waals surface area contributed by atoms with Crippen LogP contribution in [-0.2, 0) is 4.74 Å². The minimum atomic E-state index is -0.669. The maximum absolute atomic E-state index is 11.8. The lowest BCUT2D eigenvalue weighted by atomic mass is 10.2. The van der Waals surface area contributed by atoms with Crippen molar-refractivity contribution in [1.29, 1.82) is 0 Å². The fourth-order valence-corrected chi connectivity index (χ4v) is 2.08. The van der Waals surface area contributed by atoms with Crippen LogP contribution in [0.1, 0.15) is 29.1 Å². The van der Waals surface area contributed by atoms with Gasteiger partial charge in [0.2, 0.25) is 0 Å². The van der Waals surface area contributed by atoms with Crippen LogP contribution in [0.25, 0.3) is 0 Å². The number of carbonyl (C=O) groups excluding carboxylic acids is 1. The van der Waals surface area contributed by atoms with Crippen molar-refractivity contribution in [3.8, 4) is 0 Å². The fourth-order valence-electron chi connectivity index (χ4n) is 2.08. The van der Waals surface area contributed by atoms with Gasteiger partial charge < -0.3 is 19.7 Å². The Bertz CT molecular complexity index is 404. The van der Waals surface area contributed by atoms with Crippen molar-refractivity contribution in [2.75, 3.05) is 7.11 Å². The van der Waals surface area contributed by atoms with Crippen molar-refractivity contribution in [3.63, 3.8) is 0 Å². The second-order valence-electron chi connectivity index (χ2n) is 4.24. The SMILES string of the molecule is CO[C@@H]1CC[C@@H](NC(=O)c2cc(C)on2)[C@H]1O. The number of aryl methyl sites for hydroxylation is 1. The zero-order valence-corrected chi connectivity index (χ0v) is 9.84. The van der Waals surface area contributed by atoms with E-state index in [2.05, 4.69) is 10.5 Å². The third kappa shape index (κ3) is 2.48. The summed E-state index contributed by atoms with van der Waals surface area (Å²) < 4.78 is 9.93. The number of nitrogens with one attached hydrogen (secondary N) is 1. The zero-order chi connectivity index (χ0) is 12.4. The molecule has 2 rings (SSSR count). The number of aliphatic hydroxyl groups is 1. The Morgan fingerprint density at radius 3 is 2.94 bits per heavy atom. The van der Waals surface area contributed by atoms with E-state index in [4.69, 9.17) is 9.26 Å². The first-order valence-corrected chi connectivity index (χ1v) is 5.57. The van der Waals surface area contributed by atoms with E-state index < -0.39 is 6.10 Å². The Morgan fingerprint density at radius 1 is 1.65 bits per heavy atom. The number of hydrogen-bond donors (Lipinski definition) is 2. The number of aliphatic hydroxyl groups excluding tert-OH is 1. The first kappa shape index (κ1) is 12.1. The molecule has 1 aromatic heterocycles. The third-order valence-corrected chi connectivity index (χ3v) is 3.04. The Kier molecular flexibility index (Phi) is 3.44. The van der Waals surface area contributed by atoms with E-state index >= 15 is 0 Å². The van der Waals surface area contributed by atoms with E-state index in [1.165, 1.54) is 0 Å². The second kappa shape index (κ2) is 4.85. The average molecular weight is 240 g/mol. The molecule has 0 bridgehead atoms. The Morgan fingerprint density at radius 2 is 2.41 bits per heavy atom. The molecule has 1 saturated carbocycles. The van der Waals surface area contributed by atoms with Crippen LogP contribution in [-0.4, -0.2) is 41.5 Å². The summed E-state index contributed by atoms with van der Waals surface area (Å²) in [6, 6.07) is 1.27. The van der Waals surface area contributed by atoms with Gasteiger partial charge in [0.15, 0.2) is 5.69 Å². The molecule has 1 heterocycles. The molecule has 1 amide bonds. The lowest BCUT2D eigenvalue weighted by Gasteiger charge is -2.19. The number of methoxy groups -OCH3 is 1. The molecule has 1 aliphatic carbocycles. The first-order chi connectivity index (χ1) is 8.11. The molecule has 0 aromatic carbocycles. The predicted octanol–water partition coefficient (Wildman–Crippen LogP) is 0.251. The van der Waals surface area contributed by atoms with Gasteiger partial charge in [-0.1, -0.05) is 5.16 Å². The highest BCUT2D eigenvalue weighted by Crippen LogP contribution is 2.22. The second-order valence-corrected chi connectivity index (χ2v) is 4.24. The highest BCUT2D eigenvalue weighted by atomic mass is 16.5. The molecule has 0 unspecified atom stereocenters. The number of amides is 1. The highest BCUT2D eigenvalue weighted by molar-refractivity contribution is 5.92. The largest absolute Gasteiger partial charge is 0.388 e. The third-order valence-electron chi connectivity index (χ3n) is 3.04. The summed E-state index contributed by atoms with van der Waals surface area (Å²) in [5.74, 6) is 0.250. The van der Waals surface area contributed by atoms with E-state index in [-0.39, 0.29) is 23.7 Å². The lowest BCUT2D eigenvalue weighted by Crippen LogP contribution is -2.43. The fraction of sp³-hybridized carbons (Fsp3) is 0.636. The molecule has 2 N–H and O–H groups in total. The number of carbonyl (C=O) groups is 1. The van der Waals surface area contributed by atoms with Gasteiger partial charge in [0.25, 0.3) is 5.91 Å². The maximum atomic E-state index is 11.8. The summed E-state index contributed by atoms with van der Waals surface area (Å²) in [4.78, 5) is 11.8. The molecule has 1 fully saturated rings. The quantitative estimate of drug-likeness (QED) is 0.791. The molecular weight excluding hydrogens is 224 g/mol. The molecule has 1 aromatic rings. The zero-order valence-electron chi connectivity index (χ0n) is 9.84. The Balaban J connectivity index is 1.96. The normalized spacial score (nSPS) is 28.3. The minimum absolute atomic E-state index is 0.209. The molecule has 0 saturated heterocycles. The van der Waals surface area contributed by atoms with Gasteiger partial charge in [0.05, 0.1) is 12.1 Å². The van der Waals surface area contributed by atoms with Gasteiger partial charge in [0.1, 0.15) is 11.9 Å². The van der Waals surface area contributed by atoms with Crippen LogP contribution in [0, 0.1) is 6.92 Å².